The van der Waals surface area contributed by atoms with E-state index in [1.54, 1.807) is 0 Å². The van der Waals surface area contributed by atoms with Gasteiger partial charge in [-0.1, -0.05) is 0 Å². The van der Waals surface area contributed by atoms with Crippen LogP contribution in [0.15, 0.2) is 0 Å². The van der Waals surface area contributed by atoms with Crippen LogP contribution >= 0.6 is 0 Å². The van der Waals surface area contributed by atoms with Crippen molar-refractivity contribution in [3.63, 3.8) is 0 Å². The molecule has 0 aromatic rings. The Morgan fingerprint density at radius 2 is 1.40 bits per heavy atom. The van der Waals surface area contributed by atoms with Crippen molar-refractivity contribution in [2.45, 2.75) is 25.4 Å². The van der Waals surface area contributed by atoms with Gasteiger partial charge in [-0.2, -0.15) is 0 Å². The molecule has 0 spiro atoms. The summed E-state index contributed by atoms with van der Waals surface area (Å²) in [6, 6.07) is 0. The molecule has 0 amide bonds. The maximum atomic E-state index is 11.3. The van der Waals surface area contributed by atoms with Crippen LogP contribution < -0.4 is 22.9 Å². The van der Waals surface area contributed by atoms with E-state index in [1.165, 1.54) is 0 Å². The largest absolute Gasteiger partial charge is 0.324 e. The first-order chi connectivity index (χ1) is 7.02. The molecular weight excluding hydrogens is 196 g/mol. The summed E-state index contributed by atoms with van der Waals surface area (Å²) in [4.78, 5) is 22.6. The van der Waals surface area contributed by atoms with E-state index in [0.717, 1.165) is 0 Å². The van der Waals surface area contributed by atoms with Gasteiger partial charge >= 0.3 is 0 Å². The van der Waals surface area contributed by atoms with Crippen LogP contribution in [0.3, 0.4) is 0 Å². The molecule has 0 aliphatic heterocycles. The number of rotatable bonds is 8. The van der Waals surface area contributed by atoms with E-state index in [9.17, 15) is 9.59 Å². The van der Waals surface area contributed by atoms with Crippen molar-refractivity contribution in [2.75, 3.05) is 13.1 Å². The number of ketones is 2. The summed E-state index contributed by atoms with van der Waals surface area (Å²) in [5.41, 5.74) is 21.1. The molecular formula is C9H20N4O2. The number of hydrogen-bond donors (Lipinski definition) is 4. The van der Waals surface area contributed by atoms with Crippen LogP contribution in [0.25, 0.3) is 0 Å². The molecule has 0 heterocycles. The van der Waals surface area contributed by atoms with Crippen molar-refractivity contribution in [2.24, 2.45) is 28.9 Å². The molecule has 0 aromatic carbocycles. The van der Waals surface area contributed by atoms with Crippen LogP contribution in [0, 0.1) is 5.92 Å². The molecule has 0 aromatic heterocycles. The van der Waals surface area contributed by atoms with Gasteiger partial charge < -0.3 is 22.9 Å². The van der Waals surface area contributed by atoms with Crippen LogP contribution in [0.2, 0.25) is 0 Å². The third kappa shape index (κ3) is 5.58. The topological polar surface area (TPSA) is 138 Å². The Morgan fingerprint density at radius 3 is 1.73 bits per heavy atom. The van der Waals surface area contributed by atoms with Crippen molar-refractivity contribution in [1.29, 1.82) is 0 Å². The Kier molecular flexibility index (Phi) is 7.06. The first-order valence-corrected chi connectivity index (χ1v) is 4.99. The maximum Gasteiger partial charge on any atom is 0.156 e. The predicted octanol–water partition coefficient (Wildman–Crippen LogP) is -1.93. The van der Waals surface area contributed by atoms with Crippen molar-refractivity contribution in [3.8, 4) is 0 Å². The van der Waals surface area contributed by atoms with Gasteiger partial charge in [-0.15, -0.1) is 0 Å². The fraction of sp³-hybridized carbons (Fsp3) is 0.778. The molecule has 8 N–H and O–H groups in total. The minimum Gasteiger partial charge on any atom is -0.324 e. The first-order valence-electron chi connectivity index (χ1n) is 4.99. The minimum atomic E-state index is -0.682. The van der Waals surface area contributed by atoms with E-state index >= 15 is 0 Å². The summed E-state index contributed by atoms with van der Waals surface area (Å²) in [6.45, 7) is -0.268. The van der Waals surface area contributed by atoms with E-state index < -0.39 is 12.1 Å². The van der Waals surface area contributed by atoms with Crippen LogP contribution in [0.1, 0.15) is 19.3 Å². The highest BCUT2D eigenvalue weighted by molar-refractivity contribution is 6.03. The molecule has 88 valence electrons. The number of carbonyl (C=O) groups is 2. The van der Waals surface area contributed by atoms with E-state index in [-0.39, 0.29) is 24.7 Å². The van der Waals surface area contributed by atoms with Crippen LogP contribution in [-0.4, -0.2) is 30.8 Å². The van der Waals surface area contributed by atoms with Gasteiger partial charge in [0, 0.05) is 0 Å². The average Bonchev–Trinajstić information content (AvgIpc) is 2.22. The van der Waals surface area contributed by atoms with Gasteiger partial charge in [-0.05, 0) is 19.3 Å². The van der Waals surface area contributed by atoms with Gasteiger partial charge in [0.1, 0.15) is 0 Å². The zero-order chi connectivity index (χ0) is 11.8. The number of carbonyl (C=O) groups excluding carboxylic acids is 2. The third-order valence-electron chi connectivity index (χ3n) is 2.21. The molecule has 6 heteroatoms. The molecule has 6 nitrogen and oxygen atoms in total. The summed E-state index contributed by atoms with van der Waals surface area (Å²) < 4.78 is 0. The summed E-state index contributed by atoms with van der Waals surface area (Å²) in [6.07, 6.45) is 1.22. The average molecular weight is 216 g/mol. The van der Waals surface area contributed by atoms with Gasteiger partial charge in [0.25, 0.3) is 0 Å². The highest BCUT2D eigenvalue weighted by Gasteiger charge is 2.23. The molecule has 0 aliphatic carbocycles. The van der Waals surface area contributed by atoms with E-state index in [4.69, 9.17) is 22.9 Å². The lowest BCUT2D eigenvalue weighted by molar-refractivity contribution is -0.131. The Balaban J connectivity index is 4.14. The lowest BCUT2D eigenvalue weighted by Gasteiger charge is -2.13. The molecule has 0 saturated carbocycles. The fourth-order valence-corrected chi connectivity index (χ4v) is 1.34. The van der Waals surface area contributed by atoms with Crippen LogP contribution in [-0.2, 0) is 9.59 Å². The zero-order valence-electron chi connectivity index (χ0n) is 8.82. The summed E-state index contributed by atoms with van der Waals surface area (Å²) in [5.74, 6) is -1.22. The second-order valence-electron chi connectivity index (χ2n) is 3.49. The molecule has 0 atom stereocenters. The van der Waals surface area contributed by atoms with Gasteiger partial charge in [-0.3, -0.25) is 9.59 Å². The second kappa shape index (κ2) is 7.47. The van der Waals surface area contributed by atoms with Crippen molar-refractivity contribution in [3.05, 3.63) is 0 Å². The lowest BCUT2D eigenvalue weighted by atomic mass is 9.92. The summed E-state index contributed by atoms with van der Waals surface area (Å²) in [7, 11) is 0. The SMILES string of the molecule is NCC(=O)C(CCCC(N)N)C(=O)CN. The molecule has 0 rings (SSSR count). The highest BCUT2D eigenvalue weighted by Crippen LogP contribution is 2.10. The number of nitrogens with two attached hydrogens (primary N) is 4. The van der Waals surface area contributed by atoms with Gasteiger partial charge in [0.15, 0.2) is 11.6 Å². The van der Waals surface area contributed by atoms with Gasteiger partial charge in [0.05, 0.1) is 25.2 Å². The molecule has 0 unspecified atom stereocenters. The predicted molar refractivity (Wildman–Crippen MR) is 57.6 cm³/mol. The van der Waals surface area contributed by atoms with Crippen molar-refractivity contribution in [1.82, 2.24) is 0 Å². The van der Waals surface area contributed by atoms with E-state index in [2.05, 4.69) is 0 Å². The second-order valence-corrected chi connectivity index (χ2v) is 3.49. The zero-order valence-corrected chi connectivity index (χ0v) is 8.82. The normalized spacial score (nSPS) is 11.1. The Morgan fingerprint density at radius 1 is 0.933 bits per heavy atom. The van der Waals surface area contributed by atoms with E-state index in [0.29, 0.717) is 19.3 Å². The first kappa shape index (κ1) is 14.2. The smallest absolute Gasteiger partial charge is 0.156 e. The number of Topliss-reactive ketones (excluding diaryl/α,β-unsaturated/α-hetero) is 2. The Labute approximate surface area is 89.3 Å². The molecule has 0 saturated heterocycles. The monoisotopic (exact) mass is 216 g/mol. The summed E-state index contributed by atoms with van der Waals surface area (Å²) >= 11 is 0. The Hall–Kier alpha value is -0.820. The summed E-state index contributed by atoms with van der Waals surface area (Å²) in [5, 5.41) is 0. The molecule has 0 fully saturated rings. The van der Waals surface area contributed by atoms with Gasteiger partial charge in [-0.25, -0.2) is 0 Å². The lowest BCUT2D eigenvalue weighted by Crippen LogP contribution is -2.35. The maximum absolute atomic E-state index is 11.3. The standard InChI is InChI=1S/C9H20N4O2/c10-4-7(14)6(8(15)5-11)2-1-3-9(12)13/h6,9H,1-5,10-13H2. The molecule has 15 heavy (non-hydrogen) atoms. The molecule has 0 aliphatic rings. The number of hydrogen-bond acceptors (Lipinski definition) is 6. The Bertz CT molecular complexity index is 202. The van der Waals surface area contributed by atoms with Gasteiger partial charge in [0.2, 0.25) is 0 Å². The van der Waals surface area contributed by atoms with Crippen LogP contribution in [0.5, 0.6) is 0 Å². The van der Waals surface area contributed by atoms with E-state index in [1.807, 2.05) is 0 Å². The highest BCUT2D eigenvalue weighted by atomic mass is 16.2. The third-order valence-corrected chi connectivity index (χ3v) is 2.21. The minimum absolute atomic E-state index is 0.134. The van der Waals surface area contributed by atoms with Crippen molar-refractivity contribution >= 4 is 11.6 Å². The van der Waals surface area contributed by atoms with Crippen LogP contribution in [0.4, 0.5) is 0 Å². The molecule has 0 bridgehead atoms. The molecule has 0 radical (unpaired) electrons. The van der Waals surface area contributed by atoms with Crippen molar-refractivity contribution < 1.29 is 9.59 Å². The fourth-order valence-electron chi connectivity index (χ4n) is 1.34. The quantitative estimate of drug-likeness (QED) is 0.275.